The van der Waals surface area contributed by atoms with Crippen LogP contribution in [0.15, 0.2) is 0 Å². The van der Waals surface area contributed by atoms with Crippen molar-refractivity contribution in [1.29, 1.82) is 0 Å². The van der Waals surface area contributed by atoms with Gasteiger partial charge in [-0.2, -0.15) is 0 Å². The summed E-state index contributed by atoms with van der Waals surface area (Å²) in [6.45, 7) is 9.54. The van der Waals surface area contributed by atoms with E-state index in [0.717, 1.165) is 32.0 Å². The van der Waals surface area contributed by atoms with Gasteiger partial charge >= 0.3 is 0 Å². The number of hydrogen-bond donors (Lipinski definition) is 1. The van der Waals surface area contributed by atoms with Crippen molar-refractivity contribution >= 4 is 12.2 Å². The zero-order valence-electron chi connectivity index (χ0n) is 15.6. The summed E-state index contributed by atoms with van der Waals surface area (Å²) >= 11 is 0. The molecule has 0 atom stereocenters. The first kappa shape index (κ1) is 22.1. The van der Waals surface area contributed by atoms with Crippen LogP contribution in [0.25, 0.3) is 0 Å². The SMILES string of the molecule is COC(C)(C)CCOC(C)(C)CCCCC(=O)NCCCC=O. The Kier molecular flexibility index (Phi) is 11.1. The molecule has 0 aromatic rings. The second-order valence-corrected chi connectivity index (χ2v) is 7.19. The Morgan fingerprint density at radius 3 is 2.35 bits per heavy atom. The second kappa shape index (κ2) is 11.6. The molecular weight excluding hydrogens is 294 g/mol. The van der Waals surface area contributed by atoms with Gasteiger partial charge in [-0.15, -0.1) is 0 Å². The van der Waals surface area contributed by atoms with Crippen LogP contribution in [0.5, 0.6) is 0 Å². The molecule has 0 aliphatic carbocycles. The van der Waals surface area contributed by atoms with Crippen LogP contribution in [0.4, 0.5) is 0 Å². The van der Waals surface area contributed by atoms with E-state index in [4.69, 9.17) is 9.47 Å². The zero-order valence-corrected chi connectivity index (χ0v) is 15.6. The molecule has 0 saturated heterocycles. The van der Waals surface area contributed by atoms with Gasteiger partial charge < -0.3 is 19.6 Å². The number of methoxy groups -OCH3 is 1. The molecule has 0 radical (unpaired) electrons. The van der Waals surface area contributed by atoms with Crippen molar-refractivity contribution in [3.63, 3.8) is 0 Å². The minimum atomic E-state index is -0.176. The molecule has 5 nitrogen and oxygen atoms in total. The van der Waals surface area contributed by atoms with Crippen molar-refractivity contribution in [2.24, 2.45) is 0 Å². The number of hydrogen-bond acceptors (Lipinski definition) is 4. The van der Waals surface area contributed by atoms with Gasteiger partial charge in [-0.25, -0.2) is 0 Å². The molecule has 23 heavy (non-hydrogen) atoms. The molecule has 0 fully saturated rings. The van der Waals surface area contributed by atoms with E-state index in [-0.39, 0.29) is 17.1 Å². The highest BCUT2D eigenvalue weighted by Gasteiger charge is 2.21. The fraction of sp³-hybridized carbons (Fsp3) is 0.889. The van der Waals surface area contributed by atoms with E-state index in [9.17, 15) is 9.59 Å². The summed E-state index contributed by atoms with van der Waals surface area (Å²) in [5, 5.41) is 2.83. The van der Waals surface area contributed by atoms with E-state index in [2.05, 4.69) is 33.0 Å². The fourth-order valence-electron chi connectivity index (χ4n) is 2.09. The fourth-order valence-corrected chi connectivity index (χ4v) is 2.09. The Morgan fingerprint density at radius 1 is 1.04 bits per heavy atom. The lowest BCUT2D eigenvalue weighted by molar-refractivity contribution is -0.121. The topological polar surface area (TPSA) is 64.6 Å². The van der Waals surface area contributed by atoms with Crippen LogP contribution in [0.2, 0.25) is 0 Å². The van der Waals surface area contributed by atoms with Crippen molar-refractivity contribution in [3.8, 4) is 0 Å². The first-order valence-electron chi connectivity index (χ1n) is 8.62. The summed E-state index contributed by atoms with van der Waals surface area (Å²) in [5.74, 6) is 0.0662. The third-order valence-corrected chi connectivity index (χ3v) is 4.00. The van der Waals surface area contributed by atoms with Crippen LogP contribution in [0.3, 0.4) is 0 Å². The highest BCUT2D eigenvalue weighted by atomic mass is 16.5. The van der Waals surface area contributed by atoms with Crippen molar-refractivity contribution in [2.75, 3.05) is 20.3 Å². The summed E-state index contributed by atoms with van der Waals surface area (Å²) in [6, 6.07) is 0. The lowest BCUT2D eigenvalue weighted by Crippen LogP contribution is -2.30. The third kappa shape index (κ3) is 13.2. The first-order chi connectivity index (χ1) is 10.7. The minimum Gasteiger partial charge on any atom is -0.379 e. The zero-order chi connectivity index (χ0) is 17.8. The predicted molar refractivity (Wildman–Crippen MR) is 92.5 cm³/mol. The molecule has 1 amide bonds. The van der Waals surface area contributed by atoms with E-state index in [0.29, 0.717) is 32.4 Å². The molecular formula is C18H35NO4. The van der Waals surface area contributed by atoms with Gasteiger partial charge in [0.1, 0.15) is 6.29 Å². The van der Waals surface area contributed by atoms with Crippen molar-refractivity contribution in [2.45, 2.75) is 83.8 Å². The third-order valence-electron chi connectivity index (χ3n) is 4.00. The Morgan fingerprint density at radius 2 is 1.74 bits per heavy atom. The number of amides is 1. The summed E-state index contributed by atoms with van der Waals surface area (Å²) < 4.78 is 11.3. The standard InChI is InChI=1S/C18H35NO4/c1-17(2,22-5)12-15-23-18(3,4)11-7-6-10-16(21)19-13-8-9-14-20/h14H,6-13,15H2,1-5H3,(H,19,21). The minimum absolute atomic E-state index is 0.0662. The molecule has 136 valence electrons. The number of carbonyl (C=O) groups excluding carboxylic acids is 2. The smallest absolute Gasteiger partial charge is 0.219 e. The highest BCUT2D eigenvalue weighted by molar-refractivity contribution is 5.75. The largest absolute Gasteiger partial charge is 0.379 e. The number of unbranched alkanes of at least 4 members (excludes halogenated alkanes) is 2. The molecule has 1 N–H and O–H groups in total. The lowest BCUT2D eigenvalue weighted by atomic mass is 9.99. The van der Waals surface area contributed by atoms with Gasteiger partial charge in [-0.1, -0.05) is 6.42 Å². The normalized spacial score (nSPS) is 12.2. The van der Waals surface area contributed by atoms with Crippen molar-refractivity contribution in [1.82, 2.24) is 5.32 Å². The van der Waals surface area contributed by atoms with Crippen LogP contribution >= 0.6 is 0 Å². The maximum absolute atomic E-state index is 11.6. The number of aldehydes is 1. The quantitative estimate of drug-likeness (QED) is 0.392. The van der Waals surface area contributed by atoms with Gasteiger partial charge in [-0.3, -0.25) is 4.79 Å². The van der Waals surface area contributed by atoms with E-state index >= 15 is 0 Å². The molecule has 0 spiro atoms. The molecule has 0 bridgehead atoms. The van der Waals surface area contributed by atoms with E-state index in [1.54, 1.807) is 7.11 Å². The molecule has 0 unspecified atom stereocenters. The van der Waals surface area contributed by atoms with Gasteiger partial charge in [0.2, 0.25) is 5.91 Å². The number of rotatable bonds is 14. The Balaban J connectivity index is 3.72. The Labute approximate surface area is 141 Å². The van der Waals surface area contributed by atoms with E-state index in [1.807, 2.05) is 0 Å². The summed E-state index contributed by atoms with van der Waals surface area (Å²) in [5.41, 5.74) is -0.331. The molecule has 0 rings (SSSR count). The Hall–Kier alpha value is -0.940. The number of nitrogens with one attached hydrogen (secondary N) is 1. The second-order valence-electron chi connectivity index (χ2n) is 7.19. The molecule has 5 heteroatoms. The van der Waals surface area contributed by atoms with Crippen molar-refractivity contribution in [3.05, 3.63) is 0 Å². The first-order valence-corrected chi connectivity index (χ1v) is 8.62. The maximum atomic E-state index is 11.6. The lowest BCUT2D eigenvalue weighted by Gasteiger charge is -2.29. The van der Waals surface area contributed by atoms with Crippen LogP contribution in [0, 0.1) is 0 Å². The summed E-state index contributed by atoms with van der Waals surface area (Å²) in [6.07, 6.45) is 6.24. The molecule has 0 aliphatic rings. The Bertz CT molecular complexity index is 340. The van der Waals surface area contributed by atoms with Crippen LogP contribution in [-0.4, -0.2) is 43.7 Å². The molecule has 0 heterocycles. The van der Waals surface area contributed by atoms with E-state index < -0.39 is 0 Å². The van der Waals surface area contributed by atoms with Crippen LogP contribution in [-0.2, 0) is 19.1 Å². The number of carbonyl (C=O) groups is 2. The van der Waals surface area contributed by atoms with E-state index in [1.165, 1.54) is 0 Å². The van der Waals surface area contributed by atoms with Crippen molar-refractivity contribution < 1.29 is 19.1 Å². The van der Waals surface area contributed by atoms with Crippen LogP contribution < -0.4 is 5.32 Å². The van der Waals surface area contributed by atoms with Gasteiger partial charge in [0.05, 0.1) is 17.8 Å². The van der Waals surface area contributed by atoms with Crippen LogP contribution in [0.1, 0.15) is 72.6 Å². The number of ether oxygens (including phenoxy) is 2. The van der Waals surface area contributed by atoms with Gasteiger partial charge in [0, 0.05) is 26.5 Å². The summed E-state index contributed by atoms with van der Waals surface area (Å²) in [7, 11) is 1.72. The van der Waals surface area contributed by atoms with Gasteiger partial charge in [0.25, 0.3) is 0 Å². The average molecular weight is 329 g/mol. The average Bonchev–Trinajstić information content (AvgIpc) is 2.48. The van der Waals surface area contributed by atoms with Gasteiger partial charge in [0.15, 0.2) is 0 Å². The van der Waals surface area contributed by atoms with Gasteiger partial charge in [-0.05, 0) is 53.4 Å². The monoisotopic (exact) mass is 329 g/mol. The molecule has 0 aliphatic heterocycles. The molecule has 0 aromatic carbocycles. The maximum Gasteiger partial charge on any atom is 0.219 e. The summed E-state index contributed by atoms with van der Waals surface area (Å²) in [4.78, 5) is 21.8. The predicted octanol–water partition coefficient (Wildman–Crippen LogP) is 3.25. The molecule has 0 saturated carbocycles. The highest BCUT2D eigenvalue weighted by Crippen LogP contribution is 2.21. The molecule has 0 aromatic heterocycles.